The van der Waals surface area contributed by atoms with Crippen LogP contribution in [0.1, 0.15) is 36.6 Å². The molecule has 1 aromatic rings. The molecule has 0 atom stereocenters. The molecule has 0 radical (unpaired) electrons. The summed E-state index contributed by atoms with van der Waals surface area (Å²) in [5.41, 5.74) is 1.53. The number of hydrogen-bond donors (Lipinski definition) is 2. The van der Waals surface area contributed by atoms with Gasteiger partial charge in [0, 0.05) is 57.2 Å². The summed E-state index contributed by atoms with van der Waals surface area (Å²) >= 11 is 1.91. The minimum Gasteiger partial charge on any atom is -0.355 e. The summed E-state index contributed by atoms with van der Waals surface area (Å²) in [5.74, 6) is 0.960. The highest BCUT2D eigenvalue weighted by atomic mass is 127. The van der Waals surface area contributed by atoms with Gasteiger partial charge in [-0.3, -0.25) is 9.89 Å². The van der Waals surface area contributed by atoms with Crippen molar-refractivity contribution in [3.8, 4) is 0 Å². The van der Waals surface area contributed by atoms with Crippen LogP contribution in [0.3, 0.4) is 0 Å². The zero-order valence-electron chi connectivity index (χ0n) is 16.2. The molecule has 1 saturated heterocycles. The maximum absolute atomic E-state index is 4.41. The van der Waals surface area contributed by atoms with Gasteiger partial charge < -0.3 is 15.5 Å². The molecule has 3 heterocycles. The Morgan fingerprint density at radius 2 is 2.04 bits per heavy atom. The van der Waals surface area contributed by atoms with E-state index in [1.807, 2.05) is 18.4 Å². The van der Waals surface area contributed by atoms with Crippen LogP contribution in [-0.4, -0.2) is 68.1 Å². The Labute approximate surface area is 179 Å². The highest BCUT2D eigenvalue weighted by Crippen LogP contribution is 2.23. The summed E-state index contributed by atoms with van der Waals surface area (Å²) in [6, 6.07) is 2.84. The molecule has 0 amide bonds. The lowest BCUT2D eigenvalue weighted by Gasteiger charge is -2.33. The van der Waals surface area contributed by atoms with Crippen LogP contribution in [0.25, 0.3) is 0 Å². The third-order valence-corrected chi connectivity index (χ3v) is 6.32. The molecule has 0 saturated carbocycles. The lowest BCUT2D eigenvalue weighted by Crippen LogP contribution is -2.50. The summed E-state index contributed by atoms with van der Waals surface area (Å²) < 4.78 is 0. The fourth-order valence-corrected chi connectivity index (χ4v) is 4.72. The summed E-state index contributed by atoms with van der Waals surface area (Å²) in [6.07, 6.45) is 4.89. The molecule has 0 spiro atoms. The molecule has 2 N–H and O–H groups in total. The van der Waals surface area contributed by atoms with Crippen LogP contribution in [0.4, 0.5) is 0 Å². The van der Waals surface area contributed by atoms with E-state index in [1.165, 1.54) is 57.4 Å². The van der Waals surface area contributed by atoms with Crippen LogP contribution in [0.2, 0.25) is 0 Å². The van der Waals surface area contributed by atoms with E-state index in [0.29, 0.717) is 6.04 Å². The average molecular weight is 491 g/mol. The van der Waals surface area contributed by atoms with Gasteiger partial charge in [-0.1, -0.05) is 6.92 Å². The lowest BCUT2D eigenvalue weighted by atomic mass is 10.1. The van der Waals surface area contributed by atoms with Gasteiger partial charge in [0.2, 0.25) is 0 Å². The number of likely N-dealkylation sites (tertiary alicyclic amines) is 1. The van der Waals surface area contributed by atoms with Crippen LogP contribution in [0.5, 0.6) is 0 Å². The van der Waals surface area contributed by atoms with Gasteiger partial charge in [0.1, 0.15) is 0 Å². The quantitative estimate of drug-likeness (QED) is 0.365. The minimum atomic E-state index is 0. The zero-order valence-corrected chi connectivity index (χ0v) is 19.3. The first-order valence-electron chi connectivity index (χ1n) is 9.75. The lowest BCUT2D eigenvalue weighted by molar-refractivity contribution is 0.206. The van der Waals surface area contributed by atoms with Gasteiger partial charge in [0.15, 0.2) is 5.96 Å². The van der Waals surface area contributed by atoms with Gasteiger partial charge in [-0.25, -0.2) is 0 Å². The summed E-state index contributed by atoms with van der Waals surface area (Å²) in [7, 11) is 1.88. The van der Waals surface area contributed by atoms with E-state index in [0.717, 1.165) is 25.6 Å². The van der Waals surface area contributed by atoms with Crippen molar-refractivity contribution in [1.29, 1.82) is 0 Å². The summed E-state index contributed by atoms with van der Waals surface area (Å²) in [4.78, 5) is 11.1. The van der Waals surface area contributed by atoms with Crippen LogP contribution in [0, 0.1) is 0 Å². The maximum atomic E-state index is 4.41. The minimum absolute atomic E-state index is 0. The molecular formula is C19H34IN5S. The van der Waals surface area contributed by atoms with Crippen LogP contribution in [0.15, 0.2) is 16.4 Å². The maximum Gasteiger partial charge on any atom is 0.191 e. The fraction of sp³-hybridized carbons (Fsp3) is 0.737. The first kappa shape index (κ1) is 21.9. The second-order valence-corrected chi connectivity index (χ2v) is 8.16. The summed E-state index contributed by atoms with van der Waals surface area (Å²) in [5, 5.41) is 9.34. The first-order chi connectivity index (χ1) is 12.3. The molecule has 1 aromatic heterocycles. The largest absolute Gasteiger partial charge is 0.355 e. The van der Waals surface area contributed by atoms with Crippen molar-refractivity contribution in [3.63, 3.8) is 0 Å². The molecule has 0 aromatic carbocycles. The molecule has 0 unspecified atom stereocenters. The second-order valence-electron chi connectivity index (χ2n) is 7.15. The van der Waals surface area contributed by atoms with E-state index in [2.05, 4.69) is 43.8 Å². The monoisotopic (exact) mass is 491 g/mol. The third-order valence-electron chi connectivity index (χ3n) is 5.30. The number of rotatable bonds is 6. The molecule has 5 nitrogen and oxygen atoms in total. The number of aliphatic imine (C=N–C) groups is 1. The molecule has 0 bridgehead atoms. The van der Waals surface area contributed by atoms with Gasteiger partial charge >= 0.3 is 0 Å². The number of nitrogens with one attached hydrogen (secondary N) is 2. The number of hydrogen-bond acceptors (Lipinski definition) is 4. The van der Waals surface area contributed by atoms with E-state index >= 15 is 0 Å². The Bertz CT molecular complexity index is 554. The van der Waals surface area contributed by atoms with Crippen molar-refractivity contribution >= 4 is 41.3 Å². The Morgan fingerprint density at radius 3 is 2.77 bits per heavy atom. The average Bonchev–Trinajstić information content (AvgIpc) is 3.10. The standard InChI is InChI=1S/C19H33N5S.HI/c1-3-9-23-10-4-17(5-11-23)22-19(20-2)21-8-13-24-12-6-18-16(15-24)7-14-25-18;/h7,14,17H,3-6,8-13,15H2,1-2H3,(H2,20,21,22);1H. The van der Waals surface area contributed by atoms with Crippen molar-refractivity contribution in [2.75, 3.05) is 46.3 Å². The molecular weight excluding hydrogens is 457 g/mol. The molecule has 3 rings (SSSR count). The predicted molar refractivity (Wildman–Crippen MR) is 123 cm³/mol. The fourth-order valence-electron chi connectivity index (χ4n) is 3.84. The van der Waals surface area contributed by atoms with Crippen molar-refractivity contribution in [2.24, 2.45) is 4.99 Å². The van der Waals surface area contributed by atoms with E-state index < -0.39 is 0 Å². The van der Waals surface area contributed by atoms with E-state index in [4.69, 9.17) is 0 Å². The number of nitrogens with zero attached hydrogens (tertiary/aromatic N) is 3. The Morgan fingerprint density at radius 1 is 1.23 bits per heavy atom. The van der Waals surface area contributed by atoms with Crippen molar-refractivity contribution in [3.05, 3.63) is 21.9 Å². The Hall–Kier alpha value is -0.380. The van der Waals surface area contributed by atoms with E-state index in [1.54, 1.807) is 4.88 Å². The normalized spacial score (nSPS) is 19.7. The van der Waals surface area contributed by atoms with Crippen molar-refractivity contribution in [1.82, 2.24) is 20.4 Å². The number of guanidine groups is 1. The van der Waals surface area contributed by atoms with Crippen LogP contribution < -0.4 is 10.6 Å². The molecule has 7 heteroatoms. The first-order valence-corrected chi connectivity index (χ1v) is 10.6. The number of piperidine rings is 1. The van der Waals surface area contributed by atoms with Crippen LogP contribution >= 0.6 is 35.3 Å². The number of fused-ring (bicyclic) bond motifs is 1. The van der Waals surface area contributed by atoms with Gasteiger partial charge in [-0.2, -0.15) is 0 Å². The number of thiophene rings is 1. The van der Waals surface area contributed by atoms with E-state index in [-0.39, 0.29) is 24.0 Å². The smallest absolute Gasteiger partial charge is 0.191 e. The molecule has 26 heavy (non-hydrogen) atoms. The van der Waals surface area contributed by atoms with E-state index in [9.17, 15) is 0 Å². The molecule has 0 aliphatic carbocycles. The highest BCUT2D eigenvalue weighted by Gasteiger charge is 2.20. The second kappa shape index (κ2) is 11.5. The Kier molecular flexibility index (Phi) is 9.66. The molecule has 1 fully saturated rings. The van der Waals surface area contributed by atoms with Gasteiger partial charge in [0.25, 0.3) is 0 Å². The SMILES string of the molecule is CCCN1CCC(NC(=NC)NCCN2CCc3sccc3C2)CC1.I. The predicted octanol–water partition coefficient (Wildman–Crippen LogP) is 2.76. The Balaban J connectivity index is 0.00000243. The third kappa shape index (κ3) is 6.35. The molecule has 2 aliphatic heterocycles. The number of halogens is 1. The van der Waals surface area contributed by atoms with Crippen LogP contribution in [-0.2, 0) is 13.0 Å². The van der Waals surface area contributed by atoms with Gasteiger partial charge in [-0.15, -0.1) is 35.3 Å². The van der Waals surface area contributed by atoms with Crippen molar-refractivity contribution in [2.45, 2.75) is 45.2 Å². The summed E-state index contributed by atoms with van der Waals surface area (Å²) in [6.45, 7) is 10.2. The molecule has 2 aliphatic rings. The zero-order chi connectivity index (χ0) is 17.5. The highest BCUT2D eigenvalue weighted by molar-refractivity contribution is 14.0. The van der Waals surface area contributed by atoms with Crippen molar-refractivity contribution < 1.29 is 0 Å². The molecule has 148 valence electrons. The van der Waals surface area contributed by atoms with Gasteiger partial charge in [0.05, 0.1) is 0 Å². The topological polar surface area (TPSA) is 42.9 Å². The van der Waals surface area contributed by atoms with Gasteiger partial charge in [-0.05, 0) is 49.2 Å².